The molecule has 0 radical (unpaired) electrons. The van der Waals surface area contributed by atoms with Gasteiger partial charge in [0.25, 0.3) is 0 Å². The molecule has 0 aromatic heterocycles. The van der Waals surface area contributed by atoms with Crippen molar-refractivity contribution in [1.29, 1.82) is 0 Å². The molecule has 0 bridgehead atoms. The summed E-state index contributed by atoms with van der Waals surface area (Å²) in [4.78, 5) is 16.3. The van der Waals surface area contributed by atoms with Crippen LogP contribution in [0.25, 0.3) is 0 Å². The first-order chi connectivity index (χ1) is 9.74. The van der Waals surface area contributed by atoms with E-state index in [-0.39, 0.29) is 18.6 Å². The predicted molar refractivity (Wildman–Crippen MR) is 75.3 cm³/mol. The van der Waals surface area contributed by atoms with Crippen LogP contribution in [0.5, 0.6) is 0 Å². The van der Waals surface area contributed by atoms with Gasteiger partial charge in [0.15, 0.2) is 0 Å². The van der Waals surface area contributed by atoms with Gasteiger partial charge in [-0.3, -0.25) is 9.69 Å². The number of nitrogens with zero attached hydrogens (tertiary/aromatic N) is 2. The minimum Gasteiger partial charge on any atom is -0.391 e. The highest BCUT2D eigenvalue weighted by molar-refractivity contribution is 5.77. The molecule has 20 heavy (non-hydrogen) atoms. The van der Waals surface area contributed by atoms with E-state index in [0.717, 1.165) is 52.0 Å². The molecular formula is C15H26N2O3. The van der Waals surface area contributed by atoms with Crippen LogP contribution in [0.15, 0.2) is 0 Å². The molecule has 1 saturated heterocycles. The highest BCUT2D eigenvalue weighted by atomic mass is 16.5. The van der Waals surface area contributed by atoms with Crippen molar-refractivity contribution in [2.24, 2.45) is 5.92 Å². The first-order valence-corrected chi connectivity index (χ1v) is 8.01. The normalized spacial score (nSPS) is 31.8. The second-order valence-corrected chi connectivity index (χ2v) is 6.44. The maximum absolute atomic E-state index is 12.0. The number of carbonyl (C=O) groups is 1. The Hall–Kier alpha value is -0.650. The first kappa shape index (κ1) is 14.3. The van der Waals surface area contributed by atoms with Crippen LogP contribution >= 0.6 is 0 Å². The third-order valence-electron chi connectivity index (χ3n) is 4.86. The van der Waals surface area contributed by atoms with Gasteiger partial charge in [-0.1, -0.05) is 0 Å². The van der Waals surface area contributed by atoms with Crippen LogP contribution < -0.4 is 0 Å². The molecule has 114 valence electrons. The molecule has 5 heteroatoms. The summed E-state index contributed by atoms with van der Waals surface area (Å²) in [5.74, 6) is 0.834. The van der Waals surface area contributed by atoms with Gasteiger partial charge in [0.2, 0.25) is 5.91 Å². The second kappa shape index (κ2) is 6.41. The number of aliphatic hydroxyl groups excluding tert-OH is 1. The number of carbonyl (C=O) groups excluding carboxylic acids is 1. The van der Waals surface area contributed by atoms with E-state index in [9.17, 15) is 9.90 Å². The zero-order valence-corrected chi connectivity index (χ0v) is 12.2. The molecule has 2 atom stereocenters. The standard InChI is InChI=1S/C15H26N2O3/c18-14-3-1-2-13(14)16-6-8-17(9-7-16)15(19)11-20-10-12-4-5-12/h12-14,18H,1-11H2/t13-,14+/m0/s1. The Morgan fingerprint density at radius 3 is 2.45 bits per heavy atom. The number of hydrogen-bond donors (Lipinski definition) is 1. The Labute approximate surface area is 120 Å². The van der Waals surface area contributed by atoms with E-state index in [1.807, 2.05) is 4.90 Å². The Kier molecular flexibility index (Phi) is 4.58. The largest absolute Gasteiger partial charge is 0.391 e. The fraction of sp³-hybridized carbons (Fsp3) is 0.933. The molecular weight excluding hydrogens is 256 g/mol. The SMILES string of the molecule is O=C(COCC1CC1)N1CCN([C@H]2CCC[C@H]2O)CC1. The van der Waals surface area contributed by atoms with Gasteiger partial charge in [-0.05, 0) is 38.0 Å². The Balaban J connectivity index is 1.37. The Morgan fingerprint density at radius 2 is 1.85 bits per heavy atom. The summed E-state index contributed by atoms with van der Waals surface area (Å²) < 4.78 is 5.47. The lowest BCUT2D eigenvalue weighted by Crippen LogP contribution is -2.54. The second-order valence-electron chi connectivity index (χ2n) is 6.44. The van der Waals surface area contributed by atoms with Crippen LogP contribution in [-0.2, 0) is 9.53 Å². The van der Waals surface area contributed by atoms with Crippen LogP contribution in [0, 0.1) is 5.92 Å². The van der Waals surface area contributed by atoms with Crippen LogP contribution in [0.3, 0.4) is 0 Å². The molecule has 1 aliphatic heterocycles. The molecule has 1 amide bonds. The van der Waals surface area contributed by atoms with Gasteiger partial charge in [-0.25, -0.2) is 0 Å². The zero-order valence-electron chi connectivity index (χ0n) is 12.2. The molecule has 5 nitrogen and oxygen atoms in total. The van der Waals surface area contributed by atoms with Crippen molar-refractivity contribution in [3.63, 3.8) is 0 Å². The van der Waals surface area contributed by atoms with Crippen molar-refractivity contribution >= 4 is 5.91 Å². The van der Waals surface area contributed by atoms with Crippen molar-refractivity contribution in [1.82, 2.24) is 9.80 Å². The average molecular weight is 282 g/mol. The molecule has 0 aromatic carbocycles. The van der Waals surface area contributed by atoms with E-state index >= 15 is 0 Å². The van der Waals surface area contributed by atoms with Crippen molar-refractivity contribution in [2.45, 2.75) is 44.2 Å². The van der Waals surface area contributed by atoms with Crippen molar-refractivity contribution < 1.29 is 14.6 Å². The monoisotopic (exact) mass is 282 g/mol. The number of hydrogen-bond acceptors (Lipinski definition) is 4. The highest BCUT2D eigenvalue weighted by Crippen LogP contribution is 2.28. The first-order valence-electron chi connectivity index (χ1n) is 8.01. The summed E-state index contributed by atoms with van der Waals surface area (Å²) in [5.41, 5.74) is 0. The summed E-state index contributed by atoms with van der Waals surface area (Å²) >= 11 is 0. The molecule has 0 aromatic rings. The molecule has 2 saturated carbocycles. The van der Waals surface area contributed by atoms with Crippen LogP contribution in [0.1, 0.15) is 32.1 Å². The lowest BCUT2D eigenvalue weighted by Gasteiger charge is -2.39. The highest BCUT2D eigenvalue weighted by Gasteiger charge is 2.33. The molecule has 2 aliphatic carbocycles. The molecule has 1 heterocycles. The Bertz CT molecular complexity index is 338. The summed E-state index contributed by atoms with van der Waals surface area (Å²) in [7, 11) is 0. The van der Waals surface area contributed by atoms with E-state index in [1.54, 1.807) is 0 Å². The summed E-state index contributed by atoms with van der Waals surface area (Å²) in [6.45, 7) is 4.30. The number of ether oxygens (including phenoxy) is 1. The number of rotatable bonds is 5. The smallest absolute Gasteiger partial charge is 0.248 e. The molecule has 0 unspecified atom stereocenters. The summed E-state index contributed by atoms with van der Waals surface area (Å²) in [5, 5.41) is 9.95. The number of piperazine rings is 1. The van der Waals surface area contributed by atoms with Crippen LogP contribution in [0.2, 0.25) is 0 Å². The quantitative estimate of drug-likeness (QED) is 0.796. The molecule has 0 spiro atoms. The molecule has 3 rings (SSSR count). The molecule has 3 aliphatic rings. The van der Waals surface area contributed by atoms with Gasteiger partial charge in [0.1, 0.15) is 6.61 Å². The van der Waals surface area contributed by atoms with Gasteiger partial charge < -0.3 is 14.7 Å². The van der Waals surface area contributed by atoms with Gasteiger partial charge in [0, 0.05) is 32.2 Å². The minimum atomic E-state index is -0.167. The fourth-order valence-electron chi connectivity index (χ4n) is 3.34. The van der Waals surface area contributed by atoms with E-state index in [1.165, 1.54) is 12.8 Å². The molecule has 1 N–H and O–H groups in total. The zero-order chi connectivity index (χ0) is 13.9. The minimum absolute atomic E-state index is 0.122. The Morgan fingerprint density at radius 1 is 1.10 bits per heavy atom. The summed E-state index contributed by atoms with van der Waals surface area (Å²) in [6.07, 6.45) is 5.50. The predicted octanol–water partition coefficient (Wildman–Crippen LogP) is 0.471. The van der Waals surface area contributed by atoms with Gasteiger partial charge in [-0.2, -0.15) is 0 Å². The van der Waals surface area contributed by atoms with Gasteiger partial charge in [0.05, 0.1) is 12.7 Å². The average Bonchev–Trinajstić information content (AvgIpc) is 3.19. The topological polar surface area (TPSA) is 53.0 Å². The third kappa shape index (κ3) is 3.51. The maximum atomic E-state index is 12.0. The number of aliphatic hydroxyl groups is 1. The van der Waals surface area contributed by atoms with E-state index < -0.39 is 0 Å². The van der Waals surface area contributed by atoms with Gasteiger partial charge in [-0.15, -0.1) is 0 Å². The van der Waals surface area contributed by atoms with E-state index in [4.69, 9.17) is 4.74 Å². The summed E-state index contributed by atoms with van der Waals surface area (Å²) in [6, 6.07) is 0.318. The van der Waals surface area contributed by atoms with Crippen molar-refractivity contribution in [3.05, 3.63) is 0 Å². The van der Waals surface area contributed by atoms with E-state index in [2.05, 4.69) is 4.90 Å². The maximum Gasteiger partial charge on any atom is 0.248 e. The third-order valence-corrected chi connectivity index (χ3v) is 4.86. The van der Waals surface area contributed by atoms with Gasteiger partial charge >= 0.3 is 0 Å². The number of amides is 1. The van der Waals surface area contributed by atoms with Crippen molar-refractivity contribution in [3.8, 4) is 0 Å². The van der Waals surface area contributed by atoms with Crippen LogP contribution in [0.4, 0.5) is 0 Å². The molecule has 3 fully saturated rings. The van der Waals surface area contributed by atoms with Crippen LogP contribution in [-0.4, -0.2) is 72.4 Å². The van der Waals surface area contributed by atoms with Crippen molar-refractivity contribution in [2.75, 3.05) is 39.4 Å². The fourth-order valence-corrected chi connectivity index (χ4v) is 3.34. The lowest BCUT2D eigenvalue weighted by atomic mass is 10.1. The lowest BCUT2D eigenvalue weighted by molar-refractivity contribution is -0.138. The van der Waals surface area contributed by atoms with E-state index in [0.29, 0.717) is 12.0 Å².